The number of rotatable bonds is 5. The van der Waals surface area contributed by atoms with Gasteiger partial charge in [0.05, 0.1) is 23.9 Å². The summed E-state index contributed by atoms with van der Waals surface area (Å²) >= 11 is 0. The minimum Gasteiger partial charge on any atom is -0.481 e. The molecular weight excluding hydrogens is 368 g/mol. The molecule has 0 saturated carbocycles. The van der Waals surface area contributed by atoms with Gasteiger partial charge in [-0.3, -0.25) is 0 Å². The summed E-state index contributed by atoms with van der Waals surface area (Å²) in [4.78, 5) is 8.70. The molecular formula is C18H20N4O4S. The highest BCUT2D eigenvalue weighted by Gasteiger charge is 2.26. The zero-order chi connectivity index (χ0) is 18.9. The fraction of sp³-hybridized carbons (Fsp3) is 0.333. The molecule has 0 radical (unpaired) electrons. The Morgan fingerprint density at radius 1 is 1.15 bits per heavy atom. The third-order valence-electron chi connectivity index (χ3n) is 4.51. The molecule has 8 nitrogen and oxygen atoms in total. The van der Waals surface area contributed by atoms with Crippen LogP contribution in [0.3, 0.4) is 0 Å². The first kappa shape index (κ1) is 17.7. The topological polar surface area (TPSA) is 97.6 Å². The van der Waals surface area contributed by atoms with Gasteiger partial charge in [-0.15, -0.1) is 0 Å². The van der Waals surface area contributed by atoms with Crippen molar-refractivity contribution in [1.82, 2.24) is 14.3 Å². The van der Waals surface area contributed by atoms with Crippen molar-refractivity contribution in [3.63, 3.8) is 0 Å². The first-order valence-electron chi connectivity index (χ1n) is 8.74. The summed E-state index contributed by atoms with van der Waals surface area (Å²) in [6, 6.07) is 8.53. The molecule has 2 aromatic heterocycles. The number of hydrogen-bond acceptors (Lipinski definition) is 7. The smallest absolute Gasteiger partial charge is 0.300 e. The van der Waals surface area contributed by atoms with Crippen molar-refractivity contribution in [2.45, 2.75) is 24.2 Å². The van der Waals surface area contributed by atoms with Crippen LogP contribution in [0.2, 0.25) is 0 Å². The predicted molar refractivity (Wildman–Crippen MR) is 101 cm³/mol. The number of piperidine rings is 1. The van der Waals surface area contributed by atoms with Gasteiger partial charge in [-0.05, 0) is 37.1 Å². The summed E-state index contributed by atoms with van der Waals surface area (Å²) in [6.45, 7) is 1.13. The number of hydrogen-bond donors (Lipinski definition) is 1. The Bertz CT molecular complexity index is 1040. The monoisotopic (exact) mass is 388 g/mol. The lowest BCUT2D eigenvalue weighted by atomic mass is 10.2. The molecule has 9 heteroatoms. The van der Waals surface area contributed by atoms with Gasteiger partial charge in [0.15, 0.2) is 5.58 Å². The number of pyridine rings is 1. The molecule has 0 unspecified atom stereocenters. The number of fused-ring (bicyclic) bond motifs is 1. The molecule has 3 aromatic rings. The largest absolute Gasteiger partial charge is 0.481 e. The van der Waals surface area contributed by atoms with E-state index in [1.807, 2.05) is 0 Å². The van der Waals surface area contributed by atoms with E-state index >= 15 is 0 Å². The van der Waals surface area contributed by atoms with Crippen molar-refractivity contribution in [2.24, 2.45) is 0 Å². The van der Waals surface area contributed by atoms with Gasteiger partial charge >= 0.3 is 0 Å². The van der Waals surface area contributed by atoms with E-state index in [9.17, 15) is 8.42 Å². The summed E-state index contributed by atoms with van der Waals surface area (Å²) in [6.07, 6.45) is 4.47. The molecule has 0 spiro atoms. The van der Waals surface area contributed by atoms with E-state index in [1.165, 1.54) is 0 Å². The maximum absolute atomic E-state index is 12.8. The summed E-state index contributed by atoms with van der Waals surface area (Å²) in [5.74, 6) is 0.505. The predicted octanol–water partition coefficient (Wildman–Crippen LogP) is 3.15. The van der Waals surface area contributed by atoms with Gasteiger partial charge < -0.3 is 14.5 Å². The van der Waals surface area contributed by atoms with Crippen LogP contribution in [0.5, 0.6) is 5.88 Å². The van der Waals surface area contributed by atoms with Gasteiger partial charge in [-0.25, -0.2) is 13.4 Å². The molecule has 1 aromatic carbocycles. The molecule has 1 aliphatic rings. The van der Waals surface area contributed by atoms with E-state index in [4.69, 9.17) is 9.15 Å². The van der Waals surface area contributed by atoms with E-state index in [0.717, 1.165) is 19.3 Å². The van der Waals surface area contributed by atoms with E-state index in [0.29, 0.717) is 35.8 Å². The van der Waals surface area contributed by atoms with E-state index in [2.05, 4.69) is 15.3 Å². The molecule has 142 valence electrons. The summed E-state index contributed by atoms with van der Waals surface area (Å²) < 4.78 is 37.9. The van der Waals surface area contributed by atoms with Crippen molar-refractivity contribution in [2.75, 3.05) is 25.5 Å². The third-order valence-corrected chi connectivity index (χ3v) is 6.40. The zero-order valence-electron chi connectivity index (χ0n) is 14.9. The SMILES string of the molecule is COc1ccc(Nc2nc3cc(S(=O)(=O)N4CCCCC4)ccc3o2)cn1. The maximum Gasteiger partial charge on any atom is 0.300 e. The van der Waals surface area contributed by atoms with Gasteiger partial charge in [-0.2, -0.15) is 9.29 Å². The van der Waals surface area contributed by atoms with E-state index in [-0.39, 0.29) is 10.9 Å². The van der Waals surface area contributed by atoms with Gasteiger partial charge in [0.2, 0.25) is 15.9 Å². The molecule has 0 aliphatic carbocycles. The lowest BCUT2D eigenvalue weighted by Crippen LogP contribution is -2.35. The second-order valence-electron chi connectivity index (χ2n) is 6.33. The number of aromatic nitrogens is 2. The van der Waals surface area contributed by atoms with Crippen LogP contribution in [0.1, 0.15) is 19.3 Å². The molecule has 27 heavy (non-hydrogen) atoms. The maximum atomic E-state index is 12.8. The summed E-state index contributed by atoms with van der Waals surface area (Å²) in [5.41, 5.74) is 1.68. The fourth-order valence-corrected chi connectivity index (χ4v) is 4.61. The van der Waals surface area contributed by atoms with Crippen LogP contribution in [0.4, 0.5) is 11.7 Å². The number of benzene rings is 1. The van der Waals surface area contributed by atoms with Gasteiger partial charge in [0.25, 0.3) is 6.01 Å². The summed E-state index contributed by atoms with van der Waals surface area (Å²) in [5, 5.41) is 3.01. The lowest BCUT2D eigenvalue weighted by molar-refractivity contribution is 0.346. The first-order chi connectivity index (χ1) is 13.1. The Hall–Kier alpha value is -2.65. The van der Waals surface area contributed by atoms with Crippen LogP contribution < -0.4 is 10.1 Å². The van der Waals surface area contributed by atoms with E-state index < -0.39 is 10.0 Å². The van der Waals surface area contributed by atoms with Crippen molar-refractivity contribution in [3.05, 3.63) is 36.5 Å². The highest BCUT2D eigenvalue weighted by molar-refractivity contribution is 7.89. The Labute approximate surface area is 157 Å². The Kier molecular flexibility index (Phi) is 4.71. The van der Waals surface area contributed by atoms with Crippen molar-refractivity contribution in [3.8, 4) is 5.88 Å². The molecule has 1 fully saturated rings. The summed E-state index contributed by atoms with van der Waals surface area (Å²) in [7, 11) is -1.96. The first-order valence-corrected chi connectivity index (χ1v) is 10.2. The second kappa shape index (κ2) is 7.16. The molecule has 0 bridgehead atoms. The fourth-order valence-electron chi connectivity index (χ4n) is 3.07. The van der Waals surface area contributed by atoms with Crippen LogP contribution in [-0.2, 0) is 10.0 Å². The van der Waals surface area contributed by atoms with Gasteiger partial charge in [0, 0.05) is 19.2 Å². The van der Waals surface area contributed by atoms with Crippen molar-refractivity contribution in [1.29, 1.82) is 0 Å². The molecule has 0 atom stereocenters. The van der Waals surface area contributed by atoms with Crippen LogP contribution in [0.15, 0.2) is 45.8 Å². The normalized spacial score (nSPS) is 15.7. The minimum atomic E-state index is -3.50. The zero-order valence-corrected chi connectivity index (χ0v) is 15.7. The number of nitrogens with zero attached hydrogens (tertiary/aromatic N) is 3. The van der Waals surface area contributed by atoms with Crippen LogP contribution in [0.25, 0.3) is 11.1 Å². The number of ether oxygens (including phenoxy) is 1. The molecule has 3 heterocycles. The Morgan fingerprint density at radius 2 is 1.96 bits per heavy atom. The number of nitrogens with one attached hydrogen (secondary N) is 1. The molecule has 1 saturated heterocycles. The van der Waals surface area contributed by atoms with Crippen LogP contribution in [0, 0.1) is 0 Å². The van der Waals surface area contributed by atoms with Crippen LogP contribution >= 0.6 is 0 Å². The highest BCUT2D eigenvalue weighted by Crippen LogP contribution is 2.27. The number of methoxy groups -OCH3 is 1. The lowest BCUT2D eigenvalue weighted by Gasteiger charge is -2.25. The molecule has 1 aliphatic heterocycles. The van der Waals surface area contributed by atoms with Gasteiger partial charge in [-0.1, -0.05) is 6.42 Å². The third kappa shape index (κ3) is 3.60. The Balaban J connectivity index is 1.59. The van der Waals surface area contributed by atoms with Crippen molar-refractivity contribution < 1.29 is 17.6 Å². The second-order valence-corrected chi connectivity index (χ2v) is 8.27. The molecule has 4 rings (SSSR count). The molecule has 0 amide bonds. The minimum absolute atomic E-state index is 0.239. The number of sulfonamides is 1. The van der Waals surface area contributed by atoms with Crippen molar-refractivity contribution >= 4 is 32.8 Å². The van der Waals surface area contributed by atoms with E-state index in [1.54, 1.807) is 47.9 Å². The average molecular weight is 388 g/mol. The quantitative estimate of drug-likeness (QED) is 0.717. The standard InChI is InChI=1S/C18H20N4O4S/c1-25-17-8-5-13(12-19-17)20-18-21-15-11-14(6-7-16(15)26-18)27(23,24)22-9-3-2-4-10-22/h5-8,11-12H,2-4,9-10H2,1H3,(H,20,21). The molecule has 1 N–H and O–H groups in total. The highest BCUT2D eigenvalue weighted by atomic mass is 32.2. The number of anilines is 2. The van der Waals surface area contributed by atoms with Gasteiger partial charge in [0.1, 0.15) is 5.52 Å². The van der Waals surface area contributed by atoms with Crippen LogP contribution in [-0.4, -0.2) is 42.9 Å². The average Bonchev–Trinajstić information content (AvgIpc) is 3.10. The Morgan fingerprint density at radius 3 is 2.67 bits per heavy atom. The number of oxazole rings is 1.